The molecular formula is C28H36N2O4. The summed E-state index contributed by atoms with van der Waals surface area (Å²) in [4.78, 5) is 31.0. The molecule has 0 aromatic heterocycles. The van der Waals surface area contributed by atoms with Crippen molar-refractivity contribution in [3.8, 4) is 11.5 Å². The Kier molecular flexibility index (Phi) is 7.76. The number of hydrogen-bond donors (Lipinski definition) is 0. The van der Waals surface area contributed by atoms with Crippen LogP contribution in [0.5, 0.6) is 11.5 Å². The highest BCUT2D eigenvalue weighted by Crippen LogP contribution is 2.37. The zero-order valence-corrected chi connectivity index (χ0v) is 20.5. The summed E-state index contributed by atoms with van der Waals surface area (Å²) in [6.45, 7) is 4.58. The monoisotopic (exact) mass is 464 g/mol. The summed E-state index contributed by atoms with van der Waals surface area (Å²) in [6.07, 6.45) is 6.07. The predicted molar refractivity (Wildman–Crippen MR) is 132 cm³/mol. The summed E-state index contributed by atoms with van der Waals surface area (Å²) in [7, 11) is 1.60. The molecule has 2 amide bonds. The van der Waals surface area contributed by atoms with Crippen LogP contribution in [-0.2, 0) is 16.0 Å². The van der Waals surface area contributed by atoms with E-state index in [2.05, 4.69) is 12.1 Å². The first-order chi connectivity index (χ1) is 16.5. The zero-order chi connectivity index (χ0) is 24.1. The lowest BCUT2D eigenvalue weighted by Crippen LogP contribution is -2.58. The van der Waals surface area contributed by atoms with Crippen molar-refractivity contribution in [3.05, 3.63) is 59.7 Å². The van der Waals surface area contributed by atoms with Gasteiger partial charge in [-0.2, -0.15) is 0 Å². The third-order valence-electron chi connectivity index (χ3n) is 6.82. The van der Waals surface area contributed by atoms with Crippen molar-refractivity contribution < 1.29 is 19.1 Å². The van der Waals surface area contributed by atoms with Gasteiger partial charge in [0.1, 0.15) is 12.6 Å². The van der Waals surface area contributed by atoms with Gasteiger partial charge in [-0.1, -0.05) is 55.7 Å². The Labute approximate surface area is 202 Å². The second-order valence-corrected chi connectivity index (χ2v) is 9.56. The molecule has 6 heteroatoms. The van der Waals surface area contributed by atoms with Crippen molar-refractivity contribution in [1.82, 2.24) is 9.80 Å². The maximum atomic E-state index is 13.9. The number of carbonyl (C=O) groups is 2. The minimum absolute atomic E-state index is 0.00167. The second-order valence-electron chi connectivity index (χ2n) is 9.56. The second kappa shape index (κ2) is 10.9. The van der Waals surface area contributed by atoms with Crippen molar-refractivity contribution in [3.63, 3.8) is 0 Å². The molecule has 0 radical (unpaired) electrons. The van der Waals surface area contributed by atoms with E-state index in [-0.39, 0.29) is 30.5 Å². The summed E-state index contributed by atoms with van der Waals surface area (Å²) in [5, 5.41) is 0. The van der Waals surface area contributed by atoms with E-state index < -0.39 is 6.04 Å². The van der Waals surface area contributed by atoms with Gasteiger partial charge in [0.05, 0.1) is 13.2 Å². The standard InChI is InChI=1S/C28H36N2O4/c1-20(2)34-24-15-14-22(18-25(24)33-3)27-28(32)30(23-12-8-5-9-13-23)19-26(31)29(27)17-16-21-10-6-4-7-11-21/h4,6-7,10-11,14-15,18,20,23,27H,5,8-9,12-13,16-17,19H2,1-3H3. The van der Waals surface area contributed by atoms with Crippen LogP contribution in [0.2, 0.25) is 0 Å². The summed E-state index contributed by atoms with van der Waals surface area (Å²) in [5.74, 6) is 1.23. The molecule has 1 saturated heterocycles. The Morgan fingerprint density at radius 1 is 0.971 bits per heavy atom. The highest BCUT2D eigenvalue weighted by molar-refractivity contribution is 5.96. The maximum absolute atomic E-state index is 13.9. The number of rotatable bonds is 8. The van der Waals surface area contributed by atoms with Gasteiger partial charge in [-0.05, 0) is 56.4 Å². The van der Waals surface area contributed by atoms with Crippen molar-refractivity contribution in [1.29, 1.82) is 0 Å². The van der Waals surface area contributed by atoms with Gasteiger partial charge in [0.15, 0.2) is 11.5 Å². The fourth-order valence-corrected chi connectivity index (χ4v) is 5.13. The van der Waals surface area contributed by atoms with Crippen molar-refractivity contribution in [2.45, 2.75) is 70.6 Å². The molecule has 6 nitrogen and oxygen atoms in total. The molecule has 1 unspecified atom stereocenters. The Morgan fingerprint density at radius 2 is 1.71 bits per heavy atom. The Hall–Kier alpha value is -3.02. The van der Waals surface area contributed by atoms with E-state index in [0.717, 1.165) is 36.8 Å². The summed E-state index contributed by atoms with van der Waals surface area (Å²) >= 11 is 0. The van der Waals surface area contributed by atoms with Crippen LogP contribution in [-0.4, -0.2) is 54.0 Å². The van der Waals surface area contributed by atoms with Crippen LogP contribution in [0.4, 0.5) is 0 Å². The van der Waals surface area contributed by atoms with Gasteiger partial charge in [0.25, 0.3) is 5.91 Å². The van der Waals surface area contributed by atoms with Gasteiger partial charge in [0, 0.05) is 12.6 Å². The van der Waals surface area contributed by atoms with Crippen LogP contribution in [0.3, 0.4) is 0 Å². The topological polar surface area (TPSA) is 59.1 Å². The van der Waals surface area contributed by atoms with Crippen molar-refractivity contribution in [2.24, 2.45) is 0 Å². The molecule has 2 aliphatic rings. The molecule has 182 valence electrons. The first-order valence-electron chi connectivity index (χ1n) is 12.5. The highest BCUT2D eigenvalue weighted by Gasteiger charge is 2.43. The SMILES string of the molecule is COc1cc(C2C(=O)N(C3CCCCC3)CC(=O)N2CCc2ccccc2)ccc1OC(C)C. The molecule has 0 bridgehead atoms. The zero-order valence-electron chi connectivity index (χ0n) is 20.5. The van der Waals surface area contributed by atoms with Crippen molar-refractivity contribution >= 4 is 11.8 Å². The molecule has 1 atom stereocenters. The van der Waals surface area contributed by atoms with Gasteiger partial charge in [-0.15, -0.1) is 0 Å². The van der Waals surface area contributed by atoms with Gasteiger partial charge in [0.2, 0.25) is 5.91 Å². The number of nitrogens with zero attached hydrogens (tertiary/aromatic N) is 2. The molecule has 0 spiro atoms. The Balaban J connectivity index is 1.66. The van der Waals surface area contributed by atoms with Crippen molar-refractivity contribution in [2.75, 3.05) is 20.2 Å². The number of methoxy groups -OCH3 is 1. The minimum atomic E-state index is -0.658. The van der Waals surface area contributed by atoms with Gasteiger partial charge in [-0.3, -0.25) is 9.59 Å². The van der Waals surface area contributed by atoms with Crippen LogP contribution in [0.25, 0.3) is 0 Å². The van der Waals surface area contributed by atoms with E-state index in [1.807, 2.05) is 55.1 Å². The van der Waals surface area contributed by atoms with Crippen LogP contribution in [0, 0.1) is 0 Å². The summed E-state index contributed by atoms with van der Waals surface area (Å²) in [6, 6.07) is 15.2. The number of hydrogen-bond acceptors (Lipinski definition) is 4. The largest absolute Gasteiger partial charge is 0.493 e. The molecule has 1 heterocycles. The molecule has 2 aromatic rings. The minimum Gasteiger partial charge on any atom is -0.493 e. The first-order valence-corrected chi connectivity index (χ1v) is 12.5. The van der Waals surface area contributed by atoms with Crippen LogP contribution >= 0.6 is 0 Å². The van der Waals surface area contributed by atoms with Gasteiger partial charge in [-0.25, -0.2) is 0 Å². The molecule has 4 rings (SSSR count). The first kappa shape index (κ1) is 24.1. The molecule has 1 aliphatic carbocycles. The molecule has 1 saturated carbocycles. The lowest BCUT2D eigenvalue weighted by molar-refractivity contribution is -0.159. The van der Waals surface area contributed by atoms with E-state index >= 15 is 0 Å². The Morgan fingerprint density at radius 3 is 2.38 bits per heavy atom. The predicted octanol–water partition coefficient (Wildman–Crippen LogP) is 4.77. The Bertz CT molecular complexity index is 985. The fraction of sp³-hybridized carbons (Fsp3) is 0.500. The van der Waals surface area contributed by atoms with E-state index in [9.17, 15) is 9.59 Å². The maximum Gasteiger partial charge on any atom is 0.250 e. The molecule has 2 aromatic carbocycles. The van der Waals surface area contributed by atoms with E-state index in [0.29, 0.717) is 24.5 Å². The number of benzene rings is 2. The van der Waals surface area contributed by atoms with Crippen LogP contribution in [0.1, 0.15) is 63.1 Å². The molecule has 0 N–H and O–H groups in total. The average molecular weight is 465 g/mol. The lowest BCUT2D eigenvalue weighted by Gasteiger charge is -2.44. The van der Waals surface area contributed by atoms with Crippen LogP contribution < -0.4 is 9.47 Å². The van der Waals surface area contributed by atoms with E-state index in [4.69, 9.17) is 9.47 Å². The summed E-state index contributed by atoms with van der Waals surface area (Å²) < 4.78 is 11.5. The third-order valence-corrected chi connectivity index (χ3v) is 6.82. The normalized spacial score (nSPS) is 19.6. The lowest BCUT2D eigenvalue weighted by atomic mass is 9.91. The number of piperazine rings is 1. The number of amides is 2. The molecule has 1 aliphatic heterocycles. The van der Waals surface area contributed by atoms with Crippen LogP contribution in [0.15, 0.2) is 48.5 Å². The smallest absolute Gasteiger partial charge is 0.250 e. The quantitative estimate of drug-likeness (QED) is 0.565. The fourth-order valence-electron chi connectivity index (χ4n) is 5.13. The number of carbonyl (C=O) groups excluding carboxylic acids is 2. The van der Waals surface area contributed by atoms with E-state index in [1.165, 1.54) is 6.42 Å². The highest BCUT2D eigenvalue weighted by atomic mass is 16.5. The number of ether oxygens (including phenoxy) is 2. The third kappa shape index (κ3) is 5.37. The van der Waals surface area contributed by atoms with Gasteiger partial charge < -0.3 is 19.3 Å². The molecule has 2 fully saturated rings. The summed E-state index contributed by atoms with van der Waals surface area (Å²) in [5.41, 5.74) is 1.91. The van der Waals surface area contributed by atoms with E-state index in [1.54, 1.807) is 12.0 Å². The van der Waals surface area contributed by atoms with Gasteiger partial charge >= 0.3 is 0 Å². The molecular weight excluding hydrogens is 428 g/mol. The average Bonchev–Trinajstić information content (AvgIpc) is 2.85. The molecule has 34 heavy (non-hydrogen) atoms.